The number of benzene rings is 3. The maximum absolute atomic E-state index is 13.1. The number of nitrogens with zero attached hydrogens (tertiary/aromatic N) is 2. The topological polar surface area (TPSA) is 53.0 Å². The molecule has 0 radical (unpaired) electrons. The summed E-state index contributed by atoms with van der Waals surface area (Å²) in [6.45, 7) is 5.86. The average molecular weight is 461 g/mol. The van der Waals surface area contributed by atoms with Gasteiger partial charge in [-0.15, -0.1) is 0 Å². The number of para-hydroxylation sites is 1. The normalized spacial score (nSPS) is 17.3. The lowest BCUT2D eigenvalue weighted by Crippen LogP contribution is -2.46. The molecule has 33 heavy (non-hydrogen) atoms. The van der Waals surface area contributed by atoms with Gasteiger partial charge in [0.05, 0.1) is 11.1 Å². The van der Waals surface area contributed by atoms with Gasteiger partial charge in [0.1, 0.15) is 11.5 Å². The van der Waals surface area contributed by atoms with Crippen molar-refractivity contribution < 1.29 is 14.6 Å². The van der Waals surface area contributed by atoms with E-state index in [-0.39, 0.29) is 17.3 Å². The number of aryl methyl sites for hydroxylation is 1. The van der Waals surface area contributed by atoms with Gasteiger partial charge in [0.15, 0.2) is 5.76 Å². The number of rotatable bonds is 4. The van der Waals surface area contributed by atoms with Gasteiger partial charge in [-0.3, -0.25) is 9.69 Å². The second-order valence-corrected chi connectivity index (χ2v) is 8.93. The molecule has 0 aliphatic carbocycles. The number of anilines is 1. The Morgan fingerprint density at radius 3 is 2.52 bits per heavy atom. The lowest BCUT2D eigenvalue weighted by Gasteiger charge is -2.36. The maximum Gasteiger partial charge on any atom is 0.232 e. The zero-order valence-electron chi connectivity index (χ0n) is 18.4. The van der Waals surface area contributed by atoms with Crippen LogP contribution in [0.2, 0.25) is 5.02 Å². The highest BCUT2D eigenvalue weighted by Crippen LogP contribution is 2.42. The number of halogens is 1. The third-order valence-corrected chi connectivity index (χ3v) is 6.48. The predicted octanol–water partition coefficient (Wildman–Crippen LogP) is 5.29. The molecule has 0 aromatic heterocycles. The molecule has 2 aliphatic rings. The molecule has 1 N–H and O–H groups in total. The number of phenols is 1. The van der Waals surface area contributed by atoms with Gasteiger partial charge in [-0.25, -0.2) is 0 Å². The highest BCUT2D eigenvalue weighted by molar-refractivity contribution is 6.30. The molecular weight excluding hydrogens is 436 g/mol. The van der Waals surface area contributed by atoms with Crippen molar-refractivity contribution in [3.05, 3.63) is 93.7 Å². The highest BCUT2D eigenvalue weighted by Gasteiger charge is 2.34. The van der Waals surface area contributed by atoms with Gasteiger partial charge < -0.3 is 14.7 Å². The van der Waals surface area contributed by atoms with E-state index in [2.05, 4.69) is 34.1 Å². The van der Waals surface area contributed by atoms with Crippen molar-refractivity contribution in [2.24, 2.45) is 0 Å². The third-order valence-electron chi connectivity index (χ3n) is 6.24. The molecule has 3 aromatic rings. The SMILES string of the molecule is Cc1cc(O)c(CN2CCN(c3ccccc3)CC2)c2c1C(=O)/C(=C/c1cccc(Cl)c1)O2. The van der Waals surface area contributed by atoms with E-state index in [9.17, 15) is 9.90 Å². The lowest BCUT2D eigenvalue weighted by atomic mass is 9.99. The monoisotopic (exact) mass is 460 g/mol. The summed E-state index contributed by atoms with van der Waals surface area (Å²) in [6, 6.07) is 19.3. The van der Waals surface area contributed by atoms with Crippen LogP contribution in [0.5, 0.6) is 11.5 Å². The first-order valence-corrected chi connectivity index (χ1v) is 11.4. The first kappa shape index (κ1) is 21.6. The van der Waals surface area contributed by atoms with Gasteiger partial charge in [-0.05, 0) is 54.5 Å². The van der Waals surface area contributed by atoms with Crippen LogP contribution in [0, 0.1) is 6.92 Å². The van der Waals surface area contributed by atoms with Gasteiger partial charge in [0, 0.05) is 43.4 Å². The molecule has 3 aromatic carbocycles. The van der Waals surface area contributed by atoms with E-state index in [0.717, 1.165) is 31.7 Å². The van der Waals surface area contributed by atoms with Crippen molar-refractivity contribution in [2.75, 3.05) is 31.1 Å². The van der Waals surface area contributed by atoms with Crippen LogP contribution in [-0.4, -0.2) is 42.0 Å². The number of aromatic hydroxyl groups is 1. The number of Topliss-reactive ketones (excluding diaryl/α,β-unsaturated/α-hetero) is 1. The second-order valence-electron chi connectivity index (χ2n) is 8.49. The number of ether oxygens (including phenoxy) is 1. The molecule has 0 bridgehead atoms. The average Bonchev–Trinajstić information content (AvgIpc) is 3.14. The zero-order chi connectivity index (χ0) is 22.9. The van der Waals surface area contributed by atoms with Crippen molar-refractivity contribution in [3.8, 4) is 11.5 Å². The lowest BCUT2D eigenvalue weighted by molar-refractivity contribution is 0.101. The number of hydrogen-bond acceptors (Lipinski definition) is 5. The molecule has 0 unspecified atom stereocenters. The summed E-state index contributed by atoms with van der Waals surface area (Å²) >= 11 is 6.09. The van der Waals surface area contributed by atoms with Crippen LogP contribution >= 0.6 is 11.6 Å². The number of hydrogen-bond donors (Lipinski definition) is 1. The molecule has 168 valence electrons. The Kier molecular flexibility index (Phi) is 5.83. The smallest absolute Gasteiger partial charge is 0.232 e. The second kappa shape index (κ2) is 8.93. The van der Waals surface area contributed by atoms with Gasteiger partial charge in [-0.2, -0.15) is 0 Å². The molecule has 5 nitrogen and oxygen atoms in total. The molecule has 0 amide bonds. The minimum Gasteiger partial charge on any atom is -0.507 e. The molecule has 0 spiro atoms. The molecule has 1 fully saturated rings. The van der Waals surface area contributed by atoms with E-state index in [1.807, 2.05) is 25.1 Å². The largest absolute Gasteiger partial charge is 0.507 e. The molecule has 0 atom stereocenters. The molecule has 5 rings (SSSR count). The summed E-state index contributed by atoms with van der Waals surface area (Å²) in [7, 11) is 0. The van der Waals surface area contributed by atoms with Crippen LogP contribution in [0.3, 0.4) is 0 Å². The molecule has 2 heterocycles. The van der Waals surface area contributed by atoms with Crippen molar-refractivity contribution in [2.45, 2.75) is 13.5 Å². The van der Waals surface area contributed by atoms with Crippen LogP contribution in [0.15, 0.2) is 66.4 Å². The standard InChI is InChI=1S/C27H25ClN2O3/c1-18-14-23(31)22(17-29-10-12-30(13-11-29)21-8-3-2-4-9-21)27-25(18)26(32)24(33-27)16-19-6-5-7-20(28)15-19/h2-9,14-16,31H,10-13,17H2,1H3/b24-16-. The summed E-state index contributed by atoms with van der Waals surface area (Å²) in [5.74, 6) is 0.707. The van der Waals surface area contributed by atoms with Gasteiger partial charge in [0.25, 0.3) is 0 Å². The van der Waals surface area contributed by atoms with Crippen LogP contribution in [0.1, 0.15) is 27.0 Å². The Morgan fingerprint density at radius 2 is 1.79 bits per heavy atom. The number of phenolic OH excluding ortho intramolecular Hbond substituents is 1. The first-order valence-electron chi connectivity index (χ1n) is 11.1. The fraction of sp³-hybridized carbons (Fsp3) is 0.222. The Hall–Kier alpha value is -3.28. The van der Waals surface area contributed by atoms with Crippen molar-refractivity contribution in [1.29, 1.82) is 0 Å². The number of ketones is 1. The molecule has 6 heteroatoms. The Bertz CT molecular complexity index is 1230. The Labute approximate surface area is 198 Å². The van der Waals surface area contributed by atoms with E-state index in [1.165, 1.54) is 5.69 Å². The van der Waals surface area contributed by atoms with Crippen LogP contribution < -0.4 is 9.64 Å². The van der Waals surface area contributed by atoms with E-state index in [4.69, 9.17) is 16.3 Å². The molecular formula is C27H25ClN2O3. The highest BCUT2D eigenvalue weighted by atomic mass is 35.5. The number of carbonyl (C=O) groups is 1. The number of carbonyl (C=O) groups excluding carboxylic acids is 1. The van der Waals surface area contributed by atoms with Crippen molar-refractivity contribution >= 4 is 29.1 Å². The van der Waals surface area contributed by atoms with Crippen LogP contribution in [-0.2, 0) is 6.54 Å². The van der Waals surface area contributed by atoms with E-state index < -0.39 is 0 Å². The van der Waals surface area contributed by atoms with Gasteiger partial charge >= 0.3 is 0 Å². The minimum atomic E-state index is -0.169. The fourth-order valence-corrected chi connectivity index (χ4v) is 4.71. The van der Waals surface area contributed by atoms with E-state index in [1.54, 1.807) is 24.3 Å². The number of fused-ring (bicyclic) bond motifs is 1. The van der Waals surface area contributed by atoms with Crippen LogP contribution in [0.25, 0.3) is 6.08 Å². The van der Waals surface area contributed by atoms with E-state index in [0.29, 0.717) is 34.0 Å². The molecule has 0 saturated carbocycles. The summed E-state index contributed by atoms with van der Waals surface area (Å²) in [6.07, 6.45) is 1.70. The summed E-state index contributed by atoms with van der Waals surface area (Å²) in [5.41, 5.74) is 3.91. The van der Waals surface area contributed by atoms with Gasteiger partial charge in [-0.1, -0.05) is 41.9 Å². The zero-order valence-corrected chi connectivity index (χ0v) is 19.2. The molecule has 1 saturated heterocycles. The summed E-state index contributed by atoms with van der Waals surface area (Å²) < 4.78 is 6.06. The first-order chi connectivity index (χ1) is 16.0. The summed E-state index contributed by atoms with van der Waals surface area (Å²) in [5, 5.41) is 11.3. The van der Waals surface area contributed by atoms with Crippen molar-refractivity contribution in [3.63, 3.8) is 0 Å². The predicted molar refractivity (Wildman–Crippen MR) is 131 cm³/mol. The number of allylic oxidation sites excluding steroid dienone is 1. The Balaban J connectivity index is 1.37. The number of piperazine rings is 1. The third kappa shape index (κ3) is 4.34. The fourth-order valence-electron chi connectivity index (χ4n) is 4.51. The van der Waals surface area contributed by atoms with Crippen molar-refractivity contribution in [1.82, 2.24) is 4.90 Å². The van der Waals surface area contributed by atoms with Crippen LogP contribution in [0.4, 0.5) is 5.69 Å². The minimum absolute atomic E-state index is 0.161. The Morgan fingerprint density at radius 1 is 1.03 bits per heavy atom. The molecule has 2 aliphatic heterocycles. The maximum atomic E-state index is 13.1. The quantitative estimate of drug-likeness (QED) is 0.536. The summed E-state index contributed by atoms with van der Waals surface area (Å²) in [4.78, 5) is 17.8. The van der Waals surface area contributed by atoms with E-state index >= 15 is 0 Å². The van der Waals surface area contributed by atoms with Gasteiger partial charge in [0.2, 0.25) is 5.78 Å².